The van der Waals surface area contributed by atoms with Gasteiger partial charge in [-0.05, 0) is 24.3 Å². The van der Waals surface area contributed by atoms with Gasteiger partial charge in [-0.25, -0.2) is 9.97 Å². The molecule has 124 valence electrons. The van der Waals surface area contributed by atoms with Gasteiger partial charge < -0.3 is 11.1 Å². The minimum atomic E-state index is 0.177. The number of nitrogens with two attached hydrogens (primary N) is 1. The number of halogens is 1. The summed E-state index contributed by atoms with van der Waals surface area (Å²) in [6.45, 7) is 0. The molecule has 0 saturated heterocycles. The van der Waals surface area contributed by atoms with Gasteiger partial charge in [0.2, 0.25) is 11.9 Å². The predicted molar refractivity (Wildman–Crippen MR) is 91.9 cm³/mol. The van der Waals surface area contributed by atoms with E-state index in [0.29, 0.717) is 28.6 Å². The van der Waals surface area contributed by atoms with Crippen molar-refractivity contribution in [2.75, 3.05) is 11.1 Å². The van der Waals surface area contributed by atoms with Crippen LogP contribution in [0.4, 0.5) is 17.7 Å². The molecule has 0 spiro atoms. The van der Waals surface area contributed by atoms with Crippen molar-refractivity contribution in [3.63, 3.8) is 0 Å². The number of nitrogens with one attached hydrogen (secondary N) is 3. The van der Waals surface area contributed by atoms with Crippen molar-refractivity contribution in [2.24, 2.45) is 0 Å². The molecule has 0 aliphatic heterocycles. The van der Waals surface area contributed by atoms with Crippen molar-refractivity contribution in [3.8, 4) is 22.8 Å². The Bertz CT molecular complexity index is 1020. The Hall–Kier alpha value is -3.53. The van der Waals surface area contributed by atoms with E-state index >= 15 is 0 Å². The van der Waals surface area contributed by atoms with Gasteiger partial charge in [-0.2, -0.15) is 9.97 Å². The lowest BCUT2D eigenvalue weighted by Crippen LogP contribution is -1.96. The molecule has 0 fully saturated rings. The normalized spacial score (nSPS) is 10.8. The second kappa shape index (κ2) is 6.17. The first-order chi connectivity index (χ1) is 12.2. The molecule has 10 nitrogen and oxygen atoms in total. The molecule has 0 aliphatic rings. The molecule has 4 aromatic rings. The molecule has 0 amide bonds. The quantitative estimate of drug-likeness (QED) is 0.407. The zero-order valence-corrected chi connectivity index (χ0v) is 13.4. The Morgan fingerprint density at radius 2 is 1.64 bits per heavy atom. The highest BCUT2D eigenvalue weighted by atomic mass is 35.5. The first kappa shape index (κ1) is 15.0. The molecular weight excluding hydrogens is 344 g/mol. The van der Waals surface area contributed by atoms with Crippen LogP contribution in [0.5, 0.6) is 0 Å². The zero-order chi connectivity index (χ0) is 17.2. The maximum absolute atomic E-state index is 5.89. The average Bonchev–Trinajstić information content (AvgIpc) is 3.24. The van der Waals surface area contributed by atoms with Crippen LogP contribution in [0.1, 0.15) is 0 Å². The lowest BCUT2D eigenvalue weighted by molar-refractivity contribution is 1.09. The molecule has 0 saturated carbocycles. The minimum Gasteiger partial charge on any atom is -0.366 e. The standard InChI is InChI=1S/C14H11ClN10/c15-9-5-7(1-3-17-9)12-21-14(25-23-12)19-10-6-8(2-4-18-10)11-20-13(16)24-22-11/h1-6H,(H3,16,20,22,24)(H2,18,19,21,23,25). The number of rotatable bonds is 4. The van der Waals surface area contributed by atoms with Crippen LogP contribution in [0.2, 0.25) is 5.15 Å². The molecule has 0 bridgehead atoms. The van der Waals surface area contributed by atoms with Crippen molar-refractivity contribution in [1.82, 2.24) is 40.3 Å². The topological polar surface area (TPSA) is 147 Å². The minimum absolute atomic E-state index is 0.177. The highest BCUT2D eigenvalue weighted by Gasteiger charge is 2.09. The fourth-order valence-electron chi connectivity index (χ4n) is 2.16. The van der Waals surface area contributed by atoms with E-state index in [1.807, 2.05) is 0 Å². The van der Waals surface area contributed by atoms with Gasteiger partial charge >= 0.3 is 0 Å². The summed E-state index contributed by atoms with van der Waals surface area (Å²) in [4.78, 5) is 16.6. The third-order valence-electron chi connectivity index (χ3n) is 3.26. The molecule has 11 heteroatoms. The first-order valence-corrected chi connectivity index (χ1v) is 7.51. The van der Waals surface area contributed by atoms with Crippen LogP contribution in [0.3, 0.4) is 0 Å². The van der Waals surface area contributed by atoms with E-state index in [2.05, 4.69) is 45.6 Å². The molecular formula is C14H11ClN10. The van der Waals surface area contributed by atoms with Crippen LogP contribution in [0, 0.1) is 0 Å². The van der Waals surface area contributed by atoms with Gasteiger partial charge in [-0.1, -0.05) is 11.6 Å². The summed E-state index contributed by atoms with van der Waals surface area (Å²) in [5.74, 6) is 2.20. The van der Waals surface area contributed by atoms with Gasteiger partial charge in [0.25, 0.3) is 0 Å². The number of anilines is 3. The highest BCUT2D eigenvalue weighted by molar-refractivity contribution is 6.29. The van der Waals surface area contributed by atoms with E-state index in [9.17, 15) is 0 Å². The molecule has 0 atom stereocenters. The van der Waals surface area contributed by atoms with Gasteiger partial charge in [0, 0.05) is 23.5 Å². The van der Waals surface area contributed by atoms with Crippen molar-refractivity contribution in [3.05, 3.63) is 41.8 Å². The van der Waals surface area contributed by atoms with E-state index in [-0.39, 0.29) is 5.95 Å². The number of nitrogens with zero attached hydrogens (tertiary/aromatic N) is 6. The summed E-state index contributed by atoms with van der Waals surface area (Å²) in [6, 6.07) is 7.04. The maximum Gasteiger partial charge on any atom is 0.248 e. The van der Waals surface area contributed by atoms with E-state index in [1.165, 1.54) is 0 Å². The molecule has 25 heavy (non-hydrogen) atoms. The van der Waals surface area contributed by atoms with Gasteiger partial charge in [-0.15, -0.1) is 10.2 Å². The molecule has 0 aromatic carbocycles. The summed E-state index contributed by atoms with van der Waals surface area (Å²) < 4.78 is 0. The molecule has 0 radical (unpaired) electrons. The summed E-state index contributed by atoms with van der Waals surface area (Å²) in [5.41, 5.74) is 7.08. The largest absolute Gasteiger partial charge is 0.366 e. The van der Waals surface area contributed by atoms with E-state index < -0.39 is 0 Å². The number of H-pyrrole nitrogens is 2. The third-order valence-corrected chi connectivity index (χ3v) is 3.47. The van der Waals surface area contributed by atoms with Crippen LogP contribution in [0.25, 0.3) is 22.8 Å². The number of hydrogen-bond donors (Lipinski definition) is 4. The Morgan fingerprint density at radius 1 is 0.920 bits per heavy atom. The second-order valence-electron chi connectivity index (χ2n) is 4.97. The molecule has 4 rings (SSSR count). The first-order valence-electron chi connectivity index (χ1n) is 7.13. The Kier molecular flexibility index (Phi) is 3.71. The Morgan fingerprint density at radius 3 is 2.40 bits per heavy atom. The summed E-state index contributed by atoms with van der Waals surface area (Å²) in [5, 5.41) is 16.9. The second-order valence-corrected chi connectivity index (χ2v) is 5.36. The predicted octanol–water partition coefficient (Wildman–Crippen LogP) is 2.03. The lowest BCUT2D eigenvalue weighted by Gasteiger charge is -2.02. The lowest BCUT2D eigenvalue weighted by atomic mass is 10.2. The molecule has 0 aliphatic carbocycles. The van der Waals surface area contributed by atoms with Crippen LogP contribution >= 0.6 is 11.6 Å². The van der Waals surface area contributed by atoms with Crippen molar-refractivity contribution < 1.29 is 0 Å². The van der Waals surface area contributed by atoms with Crippen molar-refractivity contribution >= 4 is 29.3 Å². The van der Waals surface area contributed by atoms with Crippen LogP contribution < -0.4 is 11.1 Å². The fraction of sp³-hybridized carbons (Fsp3) is 0. The molecule has 0 unspecified atom stereocenters. The smallest absolute Gasteiger partial charge is 0.248 e. The zero-order valence-electron chi connectivity index (χ0n) is 12.6. The monoisotopic (exact) mass is 354 g/mol. The molecule has 5 N–H and O–H groups in total. The number of aromatic nitrogens is 8. The summed E-state index contributed by atoms with van der Waals surface area (Å²) in [7, 11) is 0. The number of nitrogen functional groups attached to an aromatic ring is 1. The van der Waals surface area contributed by atoms with Crippen molar-refractivity contribution in [2.45, 2.75) is 0 Å². The summed E-state index contributed by atoms with van der Waals surface area (Å²) in [6.07, 6.45) is 3.23. The van der Waals surface area contributed by atoms with E-state index in [1.54, 1.807) is 36.7 Å². The Balaban J connectivity index is 1.57. The third kappa shape index (κ3) is 3.23. The van der Waals surface area contributed by atoms with E-state index in [0.717, 1.165) is 11.1 Å². The average molecular weight is 355 g/mol. The van der Waals surface area contributed by atoms with E-state index in [4.69, 9.17) is 17.3 Å². The maximum atomic E-state index is 5.89. The van der Waals surface area contributed by atoms with Gasteiger partial charge in [-0.3, -0.25) is 10.2 Å². The van der Waals surface area contributed by atoms with Crippen LogP contribution in [0.15, 0.2) is 36.7 Å². The molecule has 4 heterocycles. The SMILES string of the molecule is Nc1n[nH]c(-c2ccnc(Nc3n[nH]c(-c4ccnc(Cl)c4)n3)c2)n1. The Labute approximate surface area is 145 Å². The highest BCUT2D eigenvalue weighted by Crippen LogP contribution is 2.21. The number of aromatic amines is 2. The van der Waals surface area contributed by atoms with Crippen LogP contribution in [-0.2, 0) is 0 Å². The van der Waals surface area contributed by atoms with Gasteiger partial charge in [0.15, 0.2) is 11.6 Å². The number of pyridine rings is 2. The van der Waals surface area contributed by atoms with Gasteiger partial charge in [0.1, 0.15) is 11.0 Å². The number of hydrogen-bond acceptors (Lipinski definition) is 8. The van der Waals surface area contributed by atoms with Crippen molar-refractivity contribution in [1.29, 1.82) is 0 Å². The van der Waals surface area contributed by atoms with Crippen LogP contribution in [-0.4, -0.2) is 40.3 Å². The fourth-order valence-corrected chi connectivity index (χ4v) is 2.34. The van der Waals surface area contributed by atoms with Gasteiger partial charge in [0.05, 0.1) is 0 Å². The summed E-state index contributed by atoms with van der Waals surface area (Å²) >= 11 is 5.89. The molecule has 4 aromatic heterocycles.